The Morgan fingerprint density at radius 1 is 0.708 bits per heavy atom. The molecule has 0 aliphatic heterocycles. The number of esters is 3. The number of hydrogen-bond acceptors (Lipinski definition) is 10. The van der Waals surface area contributed by atoms with Crippen LogP contribution in [-0.2, 0) is 35.0 Å². The van der Waals surface area contributed by atoms with Crippen molar-refractivity contribution in [3.05, 3.63) is 65.2 Å². The first-order valence-corrected chi connectivity index (χ1v) is 16.7. The molecular weight excluding hydrogens is 620 g/mol. The van der Waals surface area contributed by atoms with E-state index in [-0.39, 0.29) is 18.5 Å². The molecule has 11 heteroatoms. The average molecular weight is 671 g/mol. The minimum Gasteiger partial charge on any atom is -0.494 e. The summed E-state index contributed by atoms with van der Waals surface area (Å²) in [6, 6.07) is 11.8. The summed E-state index contributed by atoms with van der Waals surface area (Å²) in [5, 5.41) is 17.6. The van der Waals surface area contributed by atoms with Crippen LogP contribution in [-0.4, -0.2) is 74.2 Å². The van der Waals surface area contributed by atoms with Crippen LogP contribution in [0.3, 0.4) is 0 Å². The SMILES string of the molecule is COCCc1cc(C=CC(=O)O)ccc1OC(=O)c1ccc(OCCCCCCOC(=O)CCCCCOC(=O)CCCCCO)cc1. The van der Waals surface area contributed by atoms with Gasteiger partial charge in [-0.1, -0.05) is 12.5 Å². The van der Waals surface area contributed by atoms with Crippen molar-refractivity contribution in [2.24, 2.45) is 0 Å². The van der Waals surface area contributed by atoms with Gasteiger partial charge in [-0.3, -0.25) is 9.59 Å². The Hall–Kier alpha value is -4.22. The molecule has 0 radical (unpaired) electrons. The number of carbonyl (C=O) groups excluding carboxylic acids is 3. The second-order valence-electron chi connectivity index (χ2n) is 11.2. The Bertz CT molecular complexity index is 1270. The molecule has 0 unspecified atom stereocenters. The highest BCUT2D eigenvalue weighted by Gasteiger charge is 2.13. The van der Waals surface area contributed by atoms with E-state index >= 15 is 0 Å². The Morgan fingerprint density at radius 2 is 1.31 bits per heavy atom. The zero-order valence-corrected chi connectivity index (χ0v) is 28.0. The van der Waals surface area contributed by atoms with Crippen LogP contribution in [0.25, 0.3) is 6.08 Å². The van der Waals surface area contributed by atoms with Crippen LogP contribution in [0.4, 0.5) is 0 Å². The molecule has 2 rings (SSSR count). The number of ether oxygens (including phenoxy) is 5. The molecule has 0 bridgehead atoms. The third-order valence-electron chi connectivity index (χ3n) is 7.27. The summed E-state index contributed by atoms with van der Waals surface area (Å²) in [6.07, 6.45) is 11.7. The van der Waals surface area contributed by atoms with Gasteiger partial charge < -0.3 is 33.9 Å². The highest BCUT2D eigenvalue weighted by molar-refractivity contribution is 5.91. The lowest BCUT2D eigenvalue weighted by Gasteiger charge is -2.12. The predicted octanol–water partition coefficient (Wildman–Crippen LogP) is 6.33. The Morgan fingerprint density at radius 3 is 1.92 bits per heavy atom. The monoisotopic (exact) mass is 670 g/mol. The molecule has 2 aromatic carbocycles. The van der Waals surface area contributed by atoms with Gasteiger partial charge in [0, 0.05) is 32.6 Å². The first-order valence-electron chi connectivity index (χ1n) is 16.7. The maximum Gasteiger partial charge on any atom is 0.343 e. The quantitative estimate of drug-likeness (QED) is 0.0499. The van der Waals surface area contributed by atoms with Crippen LogP contribution >= 0.6 is 0 Å². The molecule has 264 valence electrons. The van der Waals surface area contributed by atoms with Gasteiger partial charge >= 0.3 is 23.9 Å². The van der Waals surface area contributed by atoms with E-state index in [1.165, 1.54) is 6.08 Å². The van der Waals surface area contributed by atoms with Crippen LogP contribution in [0.1, 0.15) is 98.5 Å². The van der Waals surface area contributed by atoms with Gasteiger partial charge in [-0.2, -0.15) is 0 Å². The van der Waals surface area contributed by atoms with E-state index in [0.29, 0.717) is 81.2 Å². The number of rotatable bonds is 26. The number of aliphatic hydroxyl groups is 1. The average Bonchev–Trinajstić information content (AvgIpc) is 3.08. The fraction of sp³-hybridized carbons (Fsp3) is 0.514. The van der Waals surface area contributed by atoms with Crippen LogP contribution in [0.15, 0.2) is 48.5 Å². The standard InChI is InChI=1S/C37H50O11/c1-44-27-22-31-28-29(15-21-34(39)40)14-20-33(31)48-37(43)30-16-18-32(19-17-30)45-24-9-2-3-10-25-46-36(42)13-7-5-11-26-47-35(41)12-6-4-8-23-38/h14-21,28,38H,2-13,22-27H2,1H3,(H,39,40). The van der Waals surface area contributed by atoms with E-state index < -0.39 is 11.9 Å². The van der Waals surface area contributed by atoms with E-state index in [1.807, 2.05) is 0 Å². The van der Waals surface area contributed by atoms with Crippen LogP contribution in [0.2, 0.25) is 0 Å². The third kappa shape index (κ3) is 18.2. The summed E-state index contributed by atoms with van der Waals surface area (Å²) in [6.45, 7) is 1.84. The molecule has 0 fully saturated rings. The first kappa shape index (κ1) is 40.0. The molecule has 0 aromatic heterocycles. The van der Waals surface area contributed by atoms with Gasteiger partial charge in [0.1, 0.15) is 11.5 Å². The summed E-state index contributed by atoms with van der Waals surface area (Å²) in [7, 11) is 1.57. The van der Waals surface area contributed by atoms with E-state index in [0.717, 1.165) is 63.0 Å². The van der Waals surface area contributed by atoms with Gasteiger partial charge in [0.05, 0.1) is 32.0 Å². The van der Waals surface area contributed by atoms with Crippen LogP contribution in [0, 0.1) is 0 Å². The molecule has 0 saturated heterocycles. The molecular formula is C37H50O11. The first-order chi connectivity index (χ1) is 23.3. The van der Waals surface area contributed by atoms with Crippen LogP contribution < -0.4 is 9.47 Å². The largest absolute Gasteiger partial charge is 0.494 e. The van der Waals surface area contributed by atoms with Gasteiger partial charge in [0.15, 0.2) is 0 Å². The fourth-order valence-electron chi connectivity index (χ4n) is 4.59. The van der Waals surface area contributed by atoms with Crippen LogP contribution in [0.5, 0.6) is 11.5 Å². The maximum absolute atomic E-state index is 12.8. The minimum absolute atomic E-state index is 0.145. The van der Waals surface area contributed by atoms with E-state index in [2.05, 4.69) is 0 Å². The number of hydrogen-bond donors (Lipinski definition) is 2. The smallest absolute Gasteiger partial charge is 0.343 e. The highest BCUT2D eigenvalue weighted by Crippen LogP contribution is 2.24. The third-order valence-corrected chi connectivity index (χ3v) is 7.27. The zero-order chi connectivity index (χ0) is 34.8. The number of methoxy groups -OCH3 is 1. The van der Waals surface area contributed by atoms with Gasteiger partial charge in [0.2, 0.25) is 0 Å². The minimum atomic E-state index is -1.05. The lowest BCUT2D eigenvalue weighted by molar-refractivity contribution is -0.145. The molecule has 2 N–H and O–H groups in total. The van der Waals surface area contributed by atoms with Crippen molar-refractivity contribution < 1.29 is 53.1 Å². The van der Waals surface area contributed by atoms with Gasteiger partial charge in [0.25, 0.3) is 0 Å². The number of benzene rings is 2. The van der Waals surface area contributed by atoms with E-state index in [9.17, 15) is 19.2 Å². The lowest BCUT2D eigenvalue weighted by Crippen LogP contribution is -2.10. The van der Waals surface area contributed by atoms with Gasteiger partial charge in [-0.15, -0.1) is 0 Å². The number of aliphatic carboxylic acids is 1. The van der Waals surface area contributed by atoms with Crippen molar-refractivity contribution in [2.45, 2.75) is 83.5 Å². The molecule has 0 saturated carbocycles. The molecule has 11 nitrogen and oxygen atoms in total. The van der Waals surface area contributed by atoms with Crippen molar-refractivity contribution in [3.63, 3.8) is 0 Å². The number of carboxylic acids is 1. The summed E-state index contributed by atoms with van der Waals surface area (Å²) < 4.78 is 27.1. The second kappa shape index (κ2) is 24.9. The number of aliphatic hydroxyl groups excluding tert-OH is 1. The molecule has 0 atom stereocenters. The molecule has 0 aliphatic carbocycles. The van der Waals surface area contributed by atoms with Crippen molar-refractivity contribution in [2.75, 3.05) is 40.1 Å². The van der Waals surface area contributed by atoms with Gasteiger partial charge in [-0.05, 0) is 118 Å². The molecule has 0 amide bonds. The zero-order valence-electron chi connectivity index (χ0n) is 28.0. The van der Waals surface area contributed by atoms with Crippen molar-refractivity contribution in [1.82, 2.24) is 0 Å². The number of unbranched alkanes of at least 4 members (excludes halogenated alkanes) is 7. The summed E-state index contributed by atoms with van der Waals surface area (Å²) in [5.41, 5.74) is 1.77. The summed E-state index contributed by atoms with van der Waals surface area (Å²) in [5.74, 6) is -0.960. The second-order valence-corrected chi connectivity index (χ2v) is 11.2. The van der Waals surface area contributed by atoms with Crippen molar-refractivity contribution in [1.29, 1.82) is 0 Å². The fourth-order valence-corrected chi connectivity index (χ4v) is 4.59. The van der Waals surface area contributed by atoms with Crippen molar-refractivity contribution >= 4 is 30.0 Å². The van der Waals surface area contributed by atoms with Gasteiger partial charge in [-0.25, -0.2) is 9.59 Å². The Labute approximate surface area is 283 Å². The summed E-state index contributed by atoms with van der Waals surface area (Å²) in [4.78, 5) is 47.1. The molecule has 48 heavy (non-hydrogen) atoms. The summed E-state index contributed by atoms with van der Waals surface area (Å²) >= 11 is 0. The molecule has 0 heterocycles. The molecule has 2 aromatic rings. The number of carbonyl (C=O) groups is 4. The van der Waals surface area contributed by atoms with E-state index in [1.54, 1.807) is 49.6 Å². The Kier molecular flexibility index (Phi) is 20.7. The Balaban J connectivity index is 1.56. The van der Waals surface area contributed by atoms with Crippen molar-refractivity contribution in [3.8, 4) is 11.5 Å². The molecule has 0 aliphatic rings. The predicted molar refractivity (Wildman–Crippen MR) is 180 cm³/mol. The highest BCUT2D eigenvalue weighted by atomic mass is 16.5. The topological polar surface area (TPSA) is 155 Å². The lowest BCUT2D eigenvalue weighted by atomic mass is 10.1. The normalized spacial score (nSPS) is 11.0. The molecule has 0 spiro atoms. The van der Waals surface area contributed by atoms with E-state index in [4.69, 9.17) is 33.9 Å². The number of carboxylic acid groups (broad SMARTS) is 1. The maximum atomic E-state index is 12.8.